The Balaban J connectivity index is 1.22. The van der Waals surface area contributed by atoms with Crippen LogP contribution < -0.4 is 15.4 Å². The SMILES string of the molecule is CCOC(=O)Oc1ccc(C(=O)Nc2ccc(CNC(=O)CCN3C(=O)c4ccccc4C3=O)cc2)cc1. The topological polar surface area (TPSA) is 131 Å². The van der Waals surface area contributed by atoms with Crippen LogP contribution in [-0.4, -0.2) is 47.8 Å². The second-order valence-corrected chi connectivity index (χ2v) is 8.29. The van der Waals surface area contributed by atoms with Gasteiger partial charge in [-0.1, -0.05) is 24.3 Å². The van der Waals surface area contributed by atoms with Gasteiger partial charge in [-0.15, -0.1) is 0 Å². The first-order valence-corrected chi connectivity index (χ1v) is 11.9. The summed E-state index contributed by atoms with van der Waals surface area (Å²) < 4.78 is 9.67. The number of ether oxygens (including phenoxy) is 2. The maximum absolute atomic E-state index is 12.5. The number of hydrogen-bond acceptors (Lipinski definition) is 7. The Labute approximate surface area is 218 Å². The maximum atomic E-state index is 12.5. The molecule has 0 atom stereocenters. The number of fused-ring (bicyclic) bond motifs is 1. The van der Waals surface area contributed by atoms with Crippen molar-refractivity contribution in [2.45, 2.75) is 19.9 Å². The molecule has 0 fully saturated rings. The van der Waals surface area contributed by atoms with Crippen molar-refractivity contribution in [3.8, 4) is 5.75 Å². The van der Waals surface area contributed by atoms with Gasteiger partial charge >= 0.3 is 6.16 Å². The third-order valence-electron chi connectivity index (χ3n) is 5.72. The molecule has 38 heavy (non-hydrogen) atoms. The van der Waals surface area contributed by atoms with Crippen molar-refractivity contribution in [2.75, 3.05) is 18.5 Å². The monoisotopic (exact) mass is 515 g/mol. The van der Waals surface area contributed by atoms with E-state index in [1.807, 2.05) is 0 Å². The van der Waals surface area contributed by atoms with E-state index in [4.69, 9.17) is 9.47 Å². The third kappa shape index (κ3) is 6.22. The van der Waals surface area contributed by atoms with Gasteiger partial charge in [0.25, 0.3) is 17.7 Å². The summed E-state index contributed by atoms with van der Waals surface area (Å²) in [5.41, 5.74) is 2.44. The molecule has 0 aliphatic carbocycles. The van der Waals surface area contributed by atoms with Crippen LogP contribution in [0, 0.1) is 0 Å². The number of imide groups is 1. The first kappa shape index (κ1) is 26.1. The number of hydrogen-bond donors (Lipinski definition) is 2. The molecule has 3 aromatic rings. The van der Waals surface area contributed by atoms with Crippen molar-refractivity contribution in [1.29, 1.82) is 0 Å². The molecule has 2 N–H and O–H groups in total. The lowest BCUT2D eigenvalue weighted by Gasteiger charge is -2.13. The fourth-order valence-corrected chi connectivity index (χ4v) is 3.77. The number of amides is 4. The number of nitrogens with zero attached hydrogens (tertiary/aromatic N) is 1. The third-order valence-corrected chi connectivity index (χ3v) is 5.72. The van der Waals surface area contributed by atoms with E-state index in [2.05, 4.69) is 10.6 Å². The minimum Gasteiger partial charge on any atom is -0.434 e. The normalized spacial score (nSPS) is 12.1. The average molecular weight is 516 g/mol. The van der Waals surface area contributed by atoms with Crippen LogP contribution in [0.2, 0.25) is 0 Å². The van der Waals surface area contributed by atoms with Gasteiger partial charge in [0.05, 0.1) is 17.7 Å². The lowest BCUT2D eigenvalue weighted by molar-refractivity contribution is -0.121. The van der Waals surface area contributed by atoms with Gasteiger partial charge in [-0.3, -0.25) is 24.1 Å². The Kier molecular flexibility index (Phi) is 8.12. The highest BCUT2D eigenvalue weighted by molar-refractivity contribution is 6.21. The van der Waals surface area contributed by atoms with Crippen LogP contribution in [0.3, 0.4) is 0 Å². The fourth-order valence-electron chi connectivity index (χ4n) is 3.77. The summed E-state index contributed by atoms with van der Waals surface area (Å²) in [6, 6.07) is 19.5. The van der Waals surface area contributed by atoms with E-state index < -0.39 is 18.0 Å². The summed E-state index contributed by atoms with van der Waals surface area (Å²) in [7, 11) is 0. The van der Waals surface area contributed by atoms with Crippen LogP contribution in [-0.2, 0) is 16.1 Å². The van der Waals surface area contributed by atoms with Crippen LogP contribution in [0.4, 0.5) is 10.5 Å². The smallest absolute Gasteiger partial charge is 0.434 e. The zero-order valence-corrected chi connectivity index (χ0v) is 20.6. The van der Waals surface area contributed by atoms with E-state index in [0.29, 0.717) is 22.4 Å². The zero-order valence-electron chi connectivity index (χ0n) is 20.6. The quantitative estimate of drug-likeness (QED) is 0.252. The highest BCUT2D eigenvalue weighted by atomic mass is 16.7. The van der Waals surface area contributed by atoms with E-state index >= 15 is 0 Å². The average Bonchev–Trinajstić information content (AvgIpc) is 3.16. The molecule has 0 spiro atoms. The Morgan fingerprint density at radius 1 is 0.842 bits per heavy atom. The van der Waals surface area contributed by atoms with Crippen molar-refractivity contribution in [3.63, 3.8) is 0 Å². The molecule has 4 rings (SSSR count). The number of nitrogens with one attached hydrogen (secondary N) is 2. The Morgan fingerprint density at radius 3 is 2.08 bits per heavy atom. The standard InChI is InChI=1S/C28H25N3O7/c1-2-37-28(36)38-21-13-9-19(10-14-21)25(33)30-20-11-7-18(8-12-20)17-29-24(32)15-16-31-26(34)22-5-3-4-6-23(22)27(31)35/h3-14H,2,15-17H2,1H3,(H,29,32)(H,30,33). The van der Waals surface area contributed by atoms with E-state index in [0.717, 1.165) is 10.5 Å². The lowest BCUT2D eigenvalue weighted by Crippen LogP contribution is -2.34. The van der Waals surface area contributed by atoms with Crippen molar-refractivity contribution in [2.24, 2.45) is 0 Å². The van der Waals surface area contributed by atoms with Gasteiger partial charge in [0, 0.05) is 30.8 Å². The highest BCUT2D eigenvalue weighted by Gasteiger charge is 2.34. The first-order valence-electron chi connectivity index (χ1n) is 11.9. The number of anilines is 1. The molecular weight excluding hydrogens is 490 g/mol. The molecule has 1 aliphatic rings. The second-order valence-electron chi connectivity index (χ2n) is 8.29. The minimum atomic E-state index is -0.816. The molecule has 194 valence electrons. The van der Waals surface area contributed by atoms with Gasteiger partial charge in [-0.25, -0.2) is 4.79 Å². The van der Waals surface area contributed by atoms with Crippen LogP contribution in [0.15, 0.2) is 72.8 Å². The molecule has 0 unspecified atom stereocenters. The summed E-state index contributed by atoms with van der Waals surface area (Å²) in [6.07, 6.45) is -0.827. The van der Waals surface area contributed by atoms with Gasteiger partial charge in [0.2, 0.25) is 5.91 Å². The van der Waals surface area contributed by atoms with Crippen molar-refractivity contribution in [1.82, 2.24) is 10.2 Å². The summed E-state index contributed by atoms with van der Waals surface area (Å²) in [5, 5.41) is 5.54. The zero-order chi connectivity index (χ0) is 27.1. The number of benzene rings is 3. The largest absolute Gasteiger partial charge is 0.513 e. The number of carbonyl (C=O) groups excluding carboxylic acids is 5. The highest BCUT2D eigenvalue weighted by Crippen LogP contribution is 2.22. The Hall–Kier alpha value is -4.99. The molecule has 0 aromatic heterocycles. The Bertz CT molecular complexity index is 1330. The van der Waals surface area contributed by atoms with Gasteiger partial charge in [-0.2, -0.15) is 0 Å². The van der Waals surface area contributed by atoms with Crippen LogP contribution in [0.25, 0.3) is 0 Å². The molecule has 0 saturated heterocycles. The van der Waals surface area contributed by atoms with E-state index in [1.165, 1.54) is 24.3 Å². The first-order chi connectivity index (χ1) is 18.4. The summed E-state index contributed by atoms with van der Waals surface area (Å²) in [6.45, 7) is 2.11. The number of carbonyl (C=O) groups is 5. The van der Waals surface area contributed by atoms with Gasteiger partial charge in [0.15, 0.2) is 0 Å². The van der Waals surface area contributed by atoms with Crippen molar-refractivity contribution >= 4 is 35.5 Å². The molecule has 1 aliphatic heterocycles. The predicted molar refractivity (Wildman–Crippen MR) is 137 cm³/mol. The molecule has 1 heterocycles. The van der Waals surface area contributed by atoms with Crippen LogP contribution in [0.1, 0.15) is 50.0 Å². The second kappa shape index (κ2) is 11.8. The van der Waals surface area contributed by atoms with Gasteiger partial charge < -0.3 is 20.1 Å². The maximum Gasteiger partial charge on any atom is 0.513 e. The number of rotatable bonds is 9. The molecule has 10 nitrogen and oxygen atoms in total. The van der Waals surface area contributed by atoms with Gasteiger partial charge in [0.1, 0.15) is 5.75 Å². The fraction of sp³-hybridized carbons (Fsp3) is 0.179. The molecule has 4 amide bonds. The summed E-state index contributed by atoms with van der Waals surface area (Å²) >= 11 is 0. The molecule has 0 saturated carbocycles. The van der Waals surface area contributed by atoms with Crippen LogP contribution in [0.5, 0.6) is 5.75 Å². The molecule has 3 aromatic carbocycles. The molecular formula is C28H25N3O7. The van der Waals surface area contributed by atoms with Crippen molar-refractivity contribution in [3.05, 3.63) is 95.1 Å². The van der Waals surface area contributed by atoms with E-state index in [9.17, 15) is 24.0 Å². The van der Waals surface area contributed by atoms with Gasteiger partial charge in [-0.05, 0) is 61.0 Å². The predicted octanol–water partition coefficient (Wildman–Crippen LogP) is 3.78. The summed E-state index contributed by atoms with van der Waals surface area (Å²) in [4.78, 5) is 62.0. The van der Waals surface area contributed by atoms with E-state index in [-0.39, 0.29) is 43.7 Å². The molecule has 10 heteroatoms. The van der Waals surface area contributed by atoms with Crippen molar-refractivity contribution < 1.29 is 33.4 Å². The molecule has 0 bridgehead atoms. The van der Waals surface area contributed by atoms with Crippen LogP contribution >= 0.6 is 0 Å². The Morgan fingerprint density at radius 2 is 1.47 bits per heavy atom. The molecule has 0 radical (unpaired) electrons. The minimum absolute atomic E-state index is 0.000914. The summed E-state index contributed by atoms with van der Waals surface area (Å²) in [5.74, 6) is -1.17. The lowest BCUT2D eigenvalue weighted by atomic mass is 10.1. The van der Waals surface area contributed by atoms with E-state index in [1.54, 1.807) is 55.5 Å².